The lowest BCUT2D eigenvalue weighted by molar-refractivity contribution is 0.192. The van der Waals surface area contributed by atoms with Gasteiger partial charge >= 0.3 is 6.03 Å². The lowest BCUT2D eigenvalue weighted by atomic mass is 10.1. The van der Waals surface area contributed by atoms with Crippen LogP contribution in [0.15, 0.2) is 36.4 Å². The number of rotatable bonds is 6. The number of carbonyl (C=O) groups is 1. The Labute approximate surface area is 173 Å². The molecule has 1 fully saturated rings. The molecule has 6 nitrogen and oxygen atoms in total. The summed E-state index contributed by atoms with van der Waals surface area (Å²) < 4.78 is 26.9. The van der Waals surface area contributed by atoms with Gasteiger partial charge < -0.3 is 4.90 Å². The van der Waals surface area contributed by atoms with Crippen molar-refractivity contribution in [2.45, 2.75) is 40.7 Å². The molecule has 1 saturated heterocycles. The SMILES string of the molecule is CCS(=O)(=O)Nc1cc(C)ccc1N1CCCN(Cc2ccc(C)c(C)c2)C1=O. The molecule has 7 heteroatoms. The molecule has 1 heterocycles. The van der Waals surface area contributed by atoms with Gasteiger partial charge in [0, 0.05) is 19.6 Å². The Kier molecular flexibility index (Phi) is 6.17. The van der Waals surface area contributed by atoms with Crippen molar-refractivity contribution in [2.24, 2.45) is 0 Å². The maximum Gasteiger partial charge on any atom is 0.324 e. The van der Waals surface area contributed by atoms with Crippen LogP contribution in [0.1, 0.15) is 35.6 Å². The van der Waals surface area contributed by atoms with Crippen LogP contribution in [-0.2, 0) is 16.6 Å². The number of hydrogen-bond acceptors (Lipinski definition) is 3. The molecule has 2 aromatic rings. The Hall–Kier alpha value is -2.54. The Morgan fingerprint density at radius 3 is 2.45 bits per heavy atom. The second kappa shape index (κ2) is 8.45. The Bertz CT molecular complexity index is 1020. The van der Waals surface area contributed by atoms with Gasteiger partial charge in [0.2, 0.25) is 10.0 Å². The zero-order chi connectivity index (χ0) is 21.2. The van der Waals surface area contributed by atoms with Crippen molar-refractivity contribution in [3.05, 3.63) is 58.7 Å². The van der Waals surface area contributed by atoms with Crippen LogP contribution in [-0.4, -0.2) is 38.2 Å². The van der Waals surface area contributed by atoms with Crippen LogP contribution in [0, 0.1) is 20.8 Å². The molecule has 0 aliphatic carbocycles. The van der Waals surface area contributed by atoms with Crippen molar-refractivity contribution in [3.8, 4) is 0 Å². The van der Waals surface area contributed by atoms with E-state index in [9.17, 15) is 13.2 Å². The van der Waals surface area contributed by atoms with Crippen LogP contribution in [0.5, 0.6) is 0 Å². The van der Waals surface area contributed by atoms with Gasteiger partial charge in [0.25, 0.3) is 0 Å². The van der Waals surface area contributed by atoms with Crippen molar-refractivity contribution in [3.63, 3.8) is 0 Å². The summed E-state index contributed by atoms with van der Waals surface area (Å²) in [4.78, 5) is 16.7. The summed E-state index contributed by atoms with van der Waals surface area (Å²) in [6.45, 7) is 9.42. The van der Waals surface area contributed by atoms with E-state index in [0.717, 1.165) is 17.5 Å². The van der Waals surface area contributed by atoms with Gasteiger partial charge in [0.05, 0.1) is 17.1 Å². The highest BCUT2D eigenvalue weighted by molar-refractivity contribution is 7.92. The van der Waals surface area contributed by atoms with Crippen molar-refractivity contribution in [1.82, 2.24) is 4.90 Å². The number of nitrogens with one attached hydrogen (secondary N) is 1. The van der Waals surface area contributed by atoms with Crippen molar-refractivity contribution in [1.29, 1.82) is 0 Å². The molecule has 0 saturated carbocycles. The molecule has 1 aliphatic heterocycles. The molecule has 0 aromatic heterocycles. The van der Waals surface area contributed by atoms with E-state index in [1.165, 1.54) is 11.1 Å². The number of hydrogen-bond donors (Lipinski definition) is 1. The van der Waals surface area contributed by atoms with Gasteiger partial charge in [-0.3, -0.25) is 9.62 Å². The van der Waals surface area contributed by atoms with Crippen LogP contribution >= 0.6 is 0 Å². The Morgan fingerprint density at radius 1 is 1.00 bits per heavy atom. The molecule has 0 radical (unpaired) electrons. The first-order valence-corrected chi connectivity index (χ1v) is 11.6. The second-order valence-corrected chi connectivity index (χ2v) is 9.66. The second-order valence-electron chi connectivity index (χ2n) is 7.65. The number of benzene rings is 2. The monoisotopic (exact) mass is 415 g/mol. The van der Waals surface area contributed by atoms with Crippen LogP contribution in [0.4, 0.5) is 16.2 Å². The van der Waals surface area contributed by atoms with E-state index in [2.05, 4.69) is 36.8 Å². The number of urea groups is 1. The lowest BCUT2D eigenvalue weighted by Crippen LogP contribution is -2.49. The van der Waals surface area contributed by atoms with Crippen LogP contribution < -0.4 is 9.62 Å². The fourth-order valence-electron chi connectivity index (χ4n) is 3.48. The van der Waals surface area contributed by atoms with Crippen molar-refractivity contribution in [2.75, 3.05) is 28.5 Å². The van der Waals surface area contributed by atoms with Gasteiger partial charge in [0.15, 0.2) is 0 Å². The summed E-state index contributed by atoms with van der Waals surface area (Å²) in [6, 6.07) is 11.6. The van der Waals surface area contributed by atoms with Gasteiger partial charge in [-0.2, -0.15) is 0 Å². The van der Waals surface area contributed by atoms with Crippen LogP contribution in [0.3, 0.4) is 0 Å². The highest BCUT2D eigenvalue weighted by Crippen LogP contribution is 2.31. The number of carbonyl (C=O) groups excluding carboxylic acids is 1. The van der Waals surface area contributed by atoms with E-state index in [0.29, 0.717) is 31.0 Å². The average Bonchev–Trinajstić information content (AvgIpc) is 2.67. The van der Waals surface area contributed by atoms with E-state index in [1.807, 2.05) is 24.0 Å². The van der Waals surface area contributed by atoms with E-state index < -0.39 is 10.0 Å². The molecule has 2 amide bonds. The average molecular weight is 416 g/mol. The third kappa shape index (κ3) is 4.90. The molecule has 1 aliphatic rings. The Morgan fingerprint density at radius 2 is 1.76 bits per heavy atom. The largest absolute Gasteiger partial charge is 0.324 e. The fraction of sp³-hybridized carbons (Fsp3) is 0.409. The zero-order valence-electron chi connectivity index (χ0n) is 17.5. The zero-order valence-corrected chi connectivity index (χ0v) is 18.3. The minimum Gasteiger partial charge on any atom is -0.320 e. The molecule has 0 spiro atoms. The van der Waals surface area contributed by atoms with E-state index in [-0.39, 0.29) is 11.8 Å². The smallest absolute Gasteiger partial charge is 0.320 e. The first kappa shape index (κ1) is 21.2. The highest BCUT2D eigenvalue weighted by Gasteiger charge is 2.29. The summed E-state index contributed by atoms with van der Waals surface area (Å²) in [7, 11) is -3.44. The number of aryl methyl sites for hydroxylation is 3. The van der Waals surface area contributed by atoms with Crippen molar-refractivity contribution < 1.29 is 13.2 Å². The normalized spacial score (nSPS) is 15.0. The molecule has 2 aromatic carbocycles. The molecule has 0 atom stereocenters. The minimum atomic E-state index is -3.44. The van der Waals surface area contributed by atoms with E-state index in [4.69, 9.17) is 0 Å². The lowest BCUT2D eigenvalue weighted by Gasteiger charge is -2.36. The highest BCUT2D eigenvalue weighted by atomic mass is 32.2. The fourth-order valence-corrected chi connectivity index (χ4v) is 4.12. The summed E-state index contributed by atoms with van der Waals surface area (Å²) in [5.74, 6) is -0.0206. The van der Waals surface area contributed by atoms with Crippen molar-refractivity contribution >= 4 is 27.4 Å². The predicted molar refractivity (Wildman–Crippen MR) is 118 cm³/mol. The summed E-state index contributed by atoms with van der Waals surface area (Å²) in [5, 5.41) is 0. The number of sulfonamides is 1. The summed E-state index contributed by atoms with van der Waals surface area (Å²) >= 11 is 0. The van der Waals surface area contributed by atoms with Gasteiger partial charge in [-0.1, -0.05) is 24.3 Å². The third-order valence-electron chi connectivity index (χ3n) is 5.34. The van der Waals surface area contributed by atoms with Crippen LogP contribution in [0.2, 0.25) is 0 Å². The number of amides is 2. The van der Waals surface area contributed by atoms with Gasteiger partial charge in [0.1, 0.15) is 0 Å². The summed E-state index contributed by atoms with van der Waals surface area (Å²) in [6.07, 6.45) is 0.824. The molecule has 1 N–H and O–H groups in total. The molecule has 3 rings (SSSR count). The molecular formula is C22H29N3O3S. The maximum atomic E-state index is 13.2. The number of anilines is 2. The predicted octanol–water partition coefficient (Wildman–Crippen LogP) is 4.21. The molecule has 156 valence electrons. The summed E-state index contributed by atoms with van der Waals surface area (Å²) in [5.41, 5.74) is 5.51. The minimum absolute atomic E-state index is 0.0206. The van der Waals surface area contributed by atoms with Gasteiger partial charge in [-0.25, -0.2) is 13.2 Å². The molecule has 0 unspecified atom stereocenters. The molecule has 29 heavy (non-hydrogen) atoms. The van der Waals surface area contributed by atoms with Crippen LogP contribution in [0.25, 0.3) is 0 Å². The Balaban J connectivity index is 1.87. The molecule has 0 bridgehead atoms. The van der Waals surface area contributed by atoms with Gasteiger partial charge in [-0.05, 0) is 68.5 Å². The number of nitrogens with zero attached hydrogens (tertiary/aromatic N) is 2. The first-order chi connectivity index (χ1) is 13.7. The maximum absolute atomic E-state index is 13.2. The van der Waals surface area contributed by atoms with E-state index in [1.54, 1.807) is 17.9 Å². The first-order valence-electron chi connectivity index (χ1n) is 9.94. The standard InChI is InChI=1S/C22H29N3O3S/c1-5-29(27,28)23-20-13-16(2)7-10-21(20)25-12-6-11-24(22(25)26)15-19-9-8-17(3)18(4)14-19/h7-10,13-14,23H,5-6,11-12,15H2,1-4H3. The molecular weight excluding hydrogens is 386 g/mol. The van der Waals surface area contributed by atoms with Gasteiger partial charge in [-0.15, -0.1) is 0 Å². The quantitative estimate of drug-likeness (QED) is 0.768. The topological polar surface area (TPSA) is 69.7 Å². The van der Waals surface area contributed by atoms with E-state index >= 15 is 0 Å². The third-order valence-corrected chi connectivity index (χ3v) is 6.64.